The lowest BCUT2D eigenvalue weighted by molar-refractivity contribution is -0.141. The van der Waals surface area contributed by atoms with E-state index < -0.39 is 30.1 Å². The van der Waals surface area contributed by atoms with E-state index in [1.165, 1.54) is 12.1 Å². The van der Waals surface area contributed by atoms with Gasteiger partial charge in [0.25, 0.3) is 5.91 Å². The molecule has 0 unspecified atom stereocenters. The molecule has 3 nitrogen and oxygen atoms in total. The molecule has 0 saturated heterocycles. The number of rotatable bonds is 4. The minimum Gasteiger partial charge on any atom is -0.396 e. The zero-order valence-corrected chi connectivity index (χ0v) is 11.2. The first-order chi connectivity index (χ1) is 9.11. The largest absolute Gasteiger partial charge is 0.406 e. The topological polar surface area (TPSA) is 46.3 Å². The Hall–Kier alpha value is -1.79. The summed E-state index contributed by atoms with van der Waals surface area (Å²) in [6.45, 7) is 1.89. The zero-order valence-electron chi connectivity index (χ0n) is 11.2. The van der Waals surface area contributed by atoms with Gasteiger partial charge in [-0.25, -0.2) is 4.39 Å². The van der Waals surface area contributed by atoms with Gasteiger partial charge in [-0.05, 0) is 18.1 Å². The Balaban J connectivity index is 3.06. The lowest BCUT2D eigenvalue weighted by atomic mass is 10.1. The molecule has 0 radical (unpaired) electrons. The van der Waals surface area contributed by atoms with Gasteiger partial charge in [-0.15, -0.1) is 0 Å². The van der Waals surface area contributed by atoms with E-state index in [1.807, 2.05) is 0 Å². The molecule has 2 N–H and O–H groups in total. The Labute approximate surface area is 114 Å². The molecule has 0 saturated carbocycles. The Morgan fingerprint density at radius 2 is 1.95 bits per heavy atom. The molecule has 0 aromatic heterocycles. The summed E-state index contributed by atoms with van der Waals surface area (Å²) in [4.78, 5) is 12.7. The second kappa shape index (κ2) is 6.11. The van der Waals surface area contributed by atoms with Crippen molar-refractivity contribution in [1.82, 2.24) is 4.90 Å². The molecule has 1 aromatic rings. The van der Waals surface area contributed by atoms with Gasteiger partial charge >= 0.3 is 6.18 Å². The monoisotopic (exact) mass is 292 g/mol. The molecule has 20 heavy (non-hydrogen) atoms. The molecule has 0 bridgehead atoms. The number of benzene rings is 1. The van der Waals surface area contributed by atoms with Crippen LogP contribution in [-0.2, 0) is 0 Å². The fourth-order valence-corrected chi connectivity index (χ4v) is 1.77. The molecule has 0 aliphatic carbocycles. The molecular formula is C13H16F4N2O. The second-order valence-corrected chi connectivity index (χ2v) is 4.90. The van der Waals surface area contributed by atoms with Gasteiger partial charge < -0.3 is 10.6 Å². The highest BCUT2D eigenvalue weighted by Gasteiger charge is 2.34. The number of nitrogens with zero attached hydrogens (tertiary/aromatic N) is 1. The molecule has 7 heteroatoms. The SMILES string of the molecule is CC(C)CN(CC(F)(F)F)C(=O)c1cccc(F)c1N. The molecule has 1 aromatic carbocycles. The fourth-order valence-electron chi connectivity index (χ4n) is 1.77. The van der Waals surface area contributed by atoms with E-state index in [9.17, 15) is 22.4 Å². The van der Waals surface area contributed by atoms with Crippen molar-refractivity contribution in [1.29, 1.82) is 0 Å². The number of carbonyl (C=O) groups excluding carboxylic acids is 1. The third kappa shape index (κ3) is 4.40. The average Bonchev–Trinajstić information content (AvgIpc) is 2.28. The minimum absolute atomic E-state index is 0.0890. The number of para-hydroxylation sites is 1. The zero-order chi connectivity index (χ0) is 15.5. The van der Waals surface area contributed by atoms with E-state index >= 15 is 0 Å². The molecule has 0 heterocycles. The maximum Gasteiger partial charge on any atom is 0.406 e. The number of nitrogens with two attached hydrogens (primary N) is 1. The molecule has 0 atom stereocenters. The quantitative estimate of drug-likeness (QED) is 0.685. The third-order valence-corrected chi connectivity index (χ3v) is 2.53. The van der Waals surface area contributed by atoms with Crippen LogP contribution in [-0.4, -0.2) is 30.1 Å². The standard InChI is InChI=1S/C13H16F4N2O/c1-8(2)6-19(7-13(15,16)17)12(20)9-4-3-5-10(14)11(9)18/h3-5,8H,6-7,18H2,1-2H3. The van der Waals surface area contributed by atoms with E-state index in [-0.39, 0.29) is 18.0 Å². The van der Waals surface area contributed by atoms with Crippen molar-refractivity contribution >= 4 is 11.6 Å². The van der Waals surface area contributed by atoms with Crippen LogP contribution >= 0.6 is 0 Å². The van der Waals surface area contributed by atoms with Gasteiger partial charge in [0.1, 0.15) is 12.4 Å². The van der Waals surface area contributed by atoms with Gasteiger partial charge in [-0.1, -0.05) is 19.9 Å². The fraction of sp³-hybridized carbons (Fsp3) is 0.462. The van der Waals surface area contributed by atoms with Gasteiger partial charge in [0.05, 0.1) is 11.3 Å². The molecule has 0 aliphatic rings. The smallest absolute Gasteiger partial charge is 0.396 e. The number of hydrogen-bond donors (Lipinski definition) is 1. The van der Waals surface area contributed by atoms with Crippen LogP contribution in [0.4, 0.5) is 23.2 Å². The van der Waals surface area contributed by atoms with E-state index in [2.05, 4.69) is 0 Å². The lowest BCUT2D eigenvalue weighted by Crippen LogP contribution is -2.41. The van der Waals surface area contributed by atoms with Crippen LogP contribution in [0.15, 0.2) is 18.2 Å². The van der Waals surface area contributed by atoms with Crippen molar-refractivity contribution < 1.29 is 22.4 Å². The highest BCUT2D eigenvalue weighted by Crippen LogP contribution is 2.22. The van der Waals surface area contributed by atoms with Crippen LogP contribution in [0.5, 0.6) is 0 Å². The average molecular weight is 292 g/mol. The maximum absolute atomic E-state index is 13.3. The van der Waals surface area contributed by atoms with Crippen molar-refractivity contribution in [3.05, 3.63) is 29.6 Å². The lowest BCUT2D eigenvalue weighted by Gasteiger charge is -2.26. The molecule has 1 rings (SSSR count). The predicted octanol–water partition coefficient (Wildman–Crippen LogP) is 3.07. The first-order valence-electron chi connectivity index (χ1n) is 6.02. The van der Waals surface area contributed by atoms with Crippen molar-refractivity contribution in [3.8, 4) is 0 Å². The van der Waals surface area contributed by atoms with Crippen LogP contribution in [0.25, 0.3) is 0 Å². The Bertz CT molecular complexity index is 486. The maximum atomic E-state index is 13.3. The molecule has 1 amide bonds. The number of amides is 1. The first kappa shape index (κ1) is 16.3. The molecular weight excluding hydrogens is 276 g/mol. The molecule has 0 spiro atoms. The van der Waals surface area contributed by atoms with Crippen LogP contribution in [0.3, 0.4) is 0 Å². The van der Waals surface area contributed by atoms with Crippen LogP contribution in [0, 0.1) is 11.7 Å². The van der Waals surface area contributed by atoms with Crippen LogP contribution < -0.4 is 5.73 Å². The summed E-state index contributed by atoms with van der Waals surface area (Å²) in [5.74, 6) is -1.91. The van der Waals surface area contributed by atoms with E-state index in [0.717, 1.165) is 6.07 Å². The number of alkyl halides is 3. The van der Waals surface area contributed by atoms with Gasteiger partial charge in [0, 0.05) is 6.54 Å². The van der Waals surface area contributed by atoms with Gasteiger partial charge in [-0.2, -0.15) is 13.2 Å². The summed E-state index contributed by atoms with van der Waals surface area (Å²) in [5, 5.41) is 0. The summed E-state index contributed by atoms with van der Waals surface area (Å²) in [5.41, 5.74) is 4.72. The van der Waals surface area contributed by atoms with Crippen molar-refractivity contribution in [3.63, 3.8) is 0 Å². The first-order valence-corrected chi connectivity index (χ1v) is 6.02. The normalized spacial score (nSPS) is 11.8. The summed E-state index contributed by atoms with van der Waals surface area (Å²) < 4.78 is 50.8. The number of nitrogen functional groups attached to an aromatic ring is 1. The Morgan fingerprint density at radius 3 is 2.45 bits per heavy atom. The second-order valence-electron chi connectivity index (χ2n) is 4.90. The van der Waals surface area contributed by atoms with Crippen LogP contribution in [0.2, 0.25) is 0 Å². The number of anilines is 1. The summed E-state index contributed by atoms with van der Waals surface area (Å²) in [6.07, 6.45) is -4.52. The van der Waals surface area contributed by atoms with Crippen molar-refractivity contribution in [2.45, 2.75) is 20.0 Å². The Kier molecular flexibility index (Phi) is 4.97. The number of carbonyl (C=O) groups is 1. The van der Waals surface area contributed by atoms with Gasteiger partial charge in [0.15, 0.2) is 0 Å². The molecule has 0 aliphatic heterocycles. The van der Waals surface area contributed by atoms with Gasteiger partial charge in [0.2, 0.25) is 0 Å². The van der Waals surface area contributed by atoms with Crippen molar-refractivity contribution in [2.75, 3.05) is 18.8 Å². The molecule has 0 fully saturated rings. The minimum atomic E-state index is -4.52. The summed E-state index contributed by atoms with van der Waals surface area (Å²) in [6, 6.07) is 3.49. The summed E-state index contributed by atoms with van der Waals surface area (Å²) >= 11 is 0. The molecule has 112 valence electrons. The summed E-state index contributed by atoms with van der Waals surface area (Å²) in [7, 11) is 0. The highest BCUT2D eigenvalue weighted by molar-refractivity contribution is 5.99. The van der Waals surface area contributed by atoms with Crippen molar-refractivity contribution in [2.24, 2.45) is 5.92 Å². The predicted molar refractivity (Wildman–Crippen MR) is 67.6 cm³/mol. The van der Waals surface area contributed by atoms with E-state index in [4.69, 9.17) is 5.73 Å². The number of hydrogen-bond acceptors (Lipinski definition) is 2. The van der Waals surface area contributed by atoms with E-state index in [0.29, 0.717) is 4.90 Å². The Morgan fingerprint density at radius 1 is 1.35 bits per heavy atom. The number of halogens is 4. The third-order valence-electron chi connectivity index (χ3n) is 2.53. The van der Waals surface area contributed by atoms with Gasteiger partial charge in [-0.3, -0.25) is 4.79 Å². The van der Waals surface area contributed by atoms with E-state index in [1.54, 1.807) is 13.8 Å². The highest BCUT2D eigenvalue weighted by atomic mass is 19.4. The van der Waals surface area contributed by atoms with Crippen LogP contribution in [0.1, 0.15) is 24.2 Å².